The summed E-state index contributed by atoms with van der Waals surface area (Å²) in [5.74, 6) is 0.703. The van der Waals surface area contributed by atoms with Gasteiger partial charge in [-0.2, -0.15) is 4.98 Å². The molecule has 8 nitrogen and oxygen atoms in total. The van der Waals surface area contributed by atoms with Crippen molar-refractivity contribution >= 4 is 52.2 Å². The molecule has 0 saturated heterocycles. The van der Waals surface area contributed by atoms with Crippen LogP contribution >= 0.6 is 11.6 Å². The Hall–Kier alpha value is -3.65. The van der Waals surface area contributed by atoms with Crippen LogP contribution in [-0.2, 0) is 11.2 Å². The predicted molar refractivity (Wildman–Crippen MR) is 135 cm³/mol. The Morgan fingerprint density at radius 2 is 1.97 bits per heavy atom. The first-order chi connectivity index (χ1) is 16.5. The molecule has 0 aliphatic carbocycles. The fourth-order valence-corrected chi connectivity index (χ4v) is 3.96. The van der Waals surface area contributed by atoms with Gasteiger partial charge in [-0.3, -0.25) is 9.59 Å². The number of benzene rings is 2. The van der Waals surface area contributed by atoms with Gasteiger partial charge in [0, 0.05) is 31.4 Å². The highest BCUT2D eigenvalue weighted by Gasteiger charge is 2.19. The van der Waals surface area contributed by atoms with Crippen LogP contribution in [0.15, 0.2) is 48.7 Å². The van der Waals surface area contributed by atoms with Crippen LogP contribution < -0.4 is 20.9 Å². The number of aryl methyl sites for hydroxylation is 1. The first kappa shape index (κ1) is 23.5. The number of anilines is 5. The van der Waals surface area contributed by atoms with Crippen molar-refractivity contribution in [2.75, 3.05) is 29.1 Å². The van der Waals surface area contributed by atoms with E-state index in [0.717, 1.165) is 36.2 Å². The molecule has 4 rings (SSSR count). The Balaban J connectivity index is 1.56. The van der Waals surface area contributed by atoms with Crippen LogP contribution in [0.3, 0.4) is 0 Å². The first-order valence-electron chi connectivity index (χ1n) is 11.3. The maximum Gasteiger partial charge on any atom is 0.253 e. The number of amides is 2. The summed E-state index contributed by atoms with van der Waals surface area (Å²) in [6, 6.07) is 13.0. The fraction of sp³-hybridized carbons (Fsp3) is 0.280. The summed E-state index contributed by atoms with van der Waals surface area (Å²) in [5.41, 5.74) is 3.93. The highest BCUT2D eigenvalue weighted by Crippen LogP contribution is 2.31. The second-order valence-electron chi connectivity index (χ2n) is 8.09. The zero-order valence-corrected chi connectivity index (χ0v) is 19.9. The van der Waals surface area contributed by atoms with Crippen LogP contribution in [0.5, 0.6) is 0 Å². The van der Waals surface area contributed by atoms with Crippen molar-refractivity contribution in [3.05, 3.63) is 64.8 Å². The molecule has 1 aliphatic rings. The van der Waals surface area contributed by atoms with E-state index in [2.05, 4.69) is 25.9 Å². The normalized spacial score (nSPS) is 13.1. The molecular formula is C25H27ClN6O2. The Bertz CT molecular complexity index is 1220. The zero-order valence-electron chi connectivity index (χ0n) is 19.2. The second-order valence-corrected chi connectivity index (χ2v) is 8.50. The minimum Gasteiger partial charge on any atom is -0.352 e. The largest absolute Gasteiger partial charge is 0.352 e. The highest BCUT2D eigenvalue weighted by molar-refractivity contribution is 6.33. The molecule has 1 aromatic heterocycles. The minimum atomic E-state index is -0.165. The lowest BCUT2D eigenvalue weighted by Crippen LogP contribution is -2.24. The third-order valence-corrected chi connectivity index (χ3v) is 5.89. The third-order valence-electron chi connectivity index (χ3n) is 5.61. The van der Waals surface area contributed by atoms with Gasteiger partial charge in [0.15, 0.2) is 5.82 Å². The molecule has 0 spiro atoms. The molecule has 2 amide bonds. The number of rotatable bonds is 7. The van der Waals surface area contributed by atoms with Gasteiger partial charge in [0.25, 0.3) is 5.91 Å². The van der Waals surface area contributed by atoms with E-state index in [-0.39, 0.29) is 11.8 Å². The van der Waals surface area contributed by atoms with Crippen LogP contribution in [0.25, 0.3) is 0 Å². The lowest BCUT2D eigenvalue weighted by atomic mass is 10.1. The molecule has 0 fully saturated rings. The molecule has 176 valence electrons. The van der Waals surface area contributed by atoms with Gasteiger partial charge < -0.3 is 20.9 Å². The van der Waals surface area contributed by atoms with Crippen molar-refractivity contribution in [3.8, 4) is 0 Å². The average Bonchev–Trinajstić information content (AvgIpc) is 2.98. The first-order valence-corrected chi connectivity index (χ1v) is 11.7. The van der Waals surface area contributed by atoms with Gasteiger partial charge in [-0.15, -0.1) is 0 Å². The molecule has 3 N–H and O–H groups in total. The van der Waals surface area contributed by atoms with Crippen molar-refractivity contribution in [1.29, 1.82) is 0 Å². The summed E-state index contributed by atoms with van der Waals surface area (Å²) < 4.78 is 0. The molecule has 9 heteroatoms. The molecule has 0 saturated carbocycles. The molecule has 0 unspecified atom stereocenters. The Kier molecular flexibility index (Phi) is 7.27. The lowest BCUT2D eigenvalue weighted by molar-refractivity contribution is -0.118. The lowest BCUT2D eigenvalue weighted by Gasteiger charge is -2.18. The second kappa shape index (κ2) is 10.5. The maximum atomic E-state index is 12.5. The Morgan fingerprint density at radius 1 is 1.15 bits per heavy atom. The van der Waals surface area contributed by atoms with Crippen molar-refractivity contribution in [2.24, 2.45) is 0 Å². The maximum absolute atomic E-state index is 12.5. The van der Waals surface area contributed by atoms with Crippen LogP contribution in [0.4, 0.5) is 28.8 Å². The predicted octanol–water partition coefficient (Wildman–Crippen LogP) is 5.06. The summed E-state index contributed by atoms with van der Waals surface area (Å²) in [5, 5.41) is 9.60. The molecule has 2 heterocycles. The molecular weight excluding hydrogens is 452 g/mol. The molecule has 34 heavy (non-hydrogen) atoms. The van der Waals surface area contributed by atoms with Crippen molar-refractivity contribution in [1.82, 2.24) is 15.3 Å². The van der Waals surface area contributed by atoms with E-state index in [9.17, 15) is 9.59 Å². The van der Waals surface area contributed by atoms with Crippen LogP contribution in [0.2, 0.25) is 5.02 Å². The Labute approximate surface area is 203 Å². The summed E-state index contributed by atoms with van der Waals surface area (Å²) in [6.45, 7) is 2.60. The smallest absolute Gasteiger partial charge is 0.253 e. The quantitative estimate of drug-likeness (QED) is 0.439. The number of carbonyl (C=O) groups excluding carboxylic acids is 2. The number of nitrogens with one attached hydrogen (secondary N) is 3. The minimum absolute atomic E-state index is 0.125. The van der Waals surface area contributed by atoms with E-state index >= 15 is 0 Å². The molecule has 0 atom stereocenters. The highest BCUT2D eigenvalue weighted by atomic mass is 35.5. The number of halogens is 1. The fourth-order valence-electron chi connectivity index (χ4n) is 3.82. The Morgan fingerprint density at radius 3 is 2.79 bits per heavy atom. The van der Waals surface area contributed by atoms with E-state index < -0.39 is 0 Å². The van der Waals surface area contributed by atoms with Gasteiger partial charge in [-0.25, -0.2) is 4.98 Å². The van der Waals surface area contributed by atoms with Crippen molar-refractivity contribution < 1.29 is 9.59 Å². The number of aromatic nitrogens is 2. The van der Waals surface area contributed by atoms with Crippen LogP contribution in [0, 0.1) is 0 Å². The molecule has 3 aromatic rings. The van der Waals surface area contributed by atoms with Gasteiger partial charge in [0.2, 0.25) is 11.9 Å². The van der Waals surface area contributed by atoms with Crippen LogP contribution in [0.1, 0.15) is 42.1 Å². The van der Waals surface area contributed by atoms with E-state index in [1.54, 1.807) is 24.1 Å². The number of carbonyl (C=O) groups is 2. The molecule has 0 radical (unpaired) electrons. The van der Waals surface area contributed by atoms with E-state index in [0.29, 0.717) is 41.0 Å². The summed E-state index contributed by atoms with van der Waals surface area (Å²) in [7, 11) is 1.81. The van der Waals surface area contributed by atoms with Crippen LogP contribution in [-0.4, -0.2) is 35.4 Å². The summed E-state index contributed by atoms with van der Waals surface area (Å²) >= 11 is 6.35. The number of hydrogen-bond acceptors (Lipinski definition) is 6. The number of nitrogens with zero attached hydrogens (tertiary/aromatic N) is 3. The zero-order chi connectivity index (χ0) is 24.1. The van der Waals surface area contributed by atoms with Gasteiger partial charge in [0.1, 0.15) is 5.02 Å². The van der Waals surface area contributed by atoms with Crippen molar-refractivity contribution in [2.45, 2.75) is 32.6 Å². The number of hydrogen-bond donors (Lipinski definition) is 3. The van der Waals surface area contributed by atoms with E-state index in [1.165, 1.54) is 6.20 Å². The molecule has 0 bridgehead atoms. The van der Waals surface area contributed by atoms with E-state index in [1.807, 2.05) is 37.3 Å². The summed E-state index contributed by atoms with van der Waals surface area (Å²) in [6.07, 6.45) is 4.54. The summed E-state index contributed by atoms with van der Waals surface area (Å²) in [4.78, 5) is 35.2. The average molecular weight is 479 g/mol. The topological polar surface area (TPSA) is 99.2 Å². The molecule has 2 aromatic carbocycles. The van der Waals surface area contributed by atoms with Gasteiger partial charge in [0.05, 0.1) is 17.4 Å². The van der Waals surface area contributed by atoms with Gasteiger partial charge in [-0.1, -0.05) is 30.7 Å². The van der Waals surface area contributed by atoms with E-state index in [4.69, 9.17) is 11.6 Å². The SMILES string of the molecule is CCCNC(=O)c1ccccc1Nc1nc(Nc2ccc3c(c2)CCCC(=O)N3C)ncc1Cl. The monoisotopic (exact) mass is 478 g/mol. The number of para-hydroxylation sites is 1. The standard InChI is InChI=1S/C25H27ClN6O2/c1-3-13-27-24(34)18-8-4-5-9-20(18)30-23-19(26)15-28-25(31-23)29-17-11-12-21-16(14-17)7-6-10-22(33)32(21)2/h4-5,8-9,11-12,14-15H,3,6-7,10,13H2,1-2H3,(H,27,34)(H2,28,29,30,31). The van der Waals surface area contributed by atoms with Gasteiger partial charge in [-0.05, 0) is 55.2 Å². The number of fused-ring (bicyclic) bond motifs is 1. The molecule has 1 aliphatic heterocycles. The van der Waals surface area contributed by atoms with Gasteiger partial charge >= 0.3 is 0 Å². The van der Waals surface area contributed by atoms with Crippen molar-refractivity contribution in [3.63, 3.8) is 0 Å². The third kappa shape index (κ3) is 5.28.